The Labute approximate surface area is 123 Å². The topological polar surface area (TPSA) is 38.7 Å². The molecule has 1 N–H and O–H groups in total. The van der Waals surface area contributed by atoms with Crippen molar-refractivity contribution >= 4 is 23.2 Å². The van der Waals surface area contributed by atoms with Crippen LogP contribution in [-0.4, -0.2) is 30.5 Å². The molecule has 1 aliphatic rings. The Hall–Kier alpha value is -0.320. The van der Waals surface area contributed by atoms with Crippen LogP contribution in [0.1, 0.15) is 31.4 Å². The molecule has 1 aromatic rings. The summed E-state index contributed by atoms with van der Waals surface area (Å²) in [5, 5.41) is 11.8. The number of hydrogen-bond donors (Lipinski definition) is 1. The molecule has 0 aromatic heterocycles. The fourth-order valence-corrected chi connectivity index (χ4v) is 2.91. The van der Waals surface area contributed by atoms with Crippen LogP contribution in [0.3, 0.4) is 0 Å². The summed E-state index contributed by atoms with van der Waals surface area (Å²) < 4.78 is 11.2. The van der Waals surface area contributed by atoms with E-state index in [0.717, 1.165) is 0 Å². The number of rotatable bonds is 4. The van der Waals surface area contributed by atoms with E-state index < -0.39 is 11.7 Å². The SMILES string of the molecule is CCOC1(C(O)c2cc(Cl)ccc2Cl)CCOCC1. The van der Waals surface area contributed by atoms with Crippen molar-refractivity contribution in [3.63, 3.8) is 0 Å². The Morgan fingerprint density at radius 1 is 1.37 bits per heavy atom. The van der Waals surface area contributed by atoms with Gasteiger partial charge in [0.15, 0.2) is 0 Å². The highest BCUT2D eigenvalue weighted by atomic mass is 35.5. The minimum absolute atomic E-state index is 0.502. The van der Waals surface area contributed by atoms with Gasteiger partial charge in [0, 0.05) is 48.3 Å². The third kappa shape index (κ3) is 3.23. The number of aliphatic hydroxyl groups is 1. The van der Waals surface area contributed by atoms with E-state index in [2.05, 4.69) is 0 Å². The fraction of sp³-hybridized carbons (Fsp3) is 0.571. The Morgan fingerprint density at radius 2 is 2.05 bits per heavy atom. The maximum atomic E-state index is 10.7. The van der Waals surface area contributed by atoms with Gasteiger partial charge < -0.3 is 14.6 Å². The Morgan fingerprint density at radius 3 is 2.68 bits per heavy atom. The van der Waals surface area contributed by atoms with Crippen LogP contribution in [0, 0.1) is 0 Å². The van der Waals surface area contributed by atoms with E-state index in [-0.39, 0.29) is 0 Å². The summed E-state index contributed by atoms with van der Waals surface area (Å²) in [5.41, 5.74) is -0.0223. The van der Waals surface area contributed by atoms with E-state index in [1.807, 2.05) is 6.92 Å². The molecule has 1 aliphatic heterocycles. The second-order valence-electron chi connectivity index (χ2n) is 4.68. The molecule has 0 spiro atoms. The molecule has 5 heteroatoms. The summed E-state index contributed by atoms with van der Waals surface area (Å²) in [7, 11) is 0. The maximum Gasteiger partial charge on any atom is 0.110 e. The molecular weight excluding hydrogens is 287 g/mol. The van der Waals surface area contributed by atoms with Crippen molar-refractivity contribution < 1.29 is 14.6 Å². The minimum Gasteiger partial charge on any atom is -0.385 e. The standard InChI is InChI=1S/C14H18Cl2O3/c1-2-19-14(5-7-18-8-6-14)13(17)11-9-10(15)3-4-12(11)16/h3-4,9,13,17H,2,5-8H2,1H3. The first-order valence-corrected chi connectivity index (χ1v) is 7.19. The normalized spacial score (nSPS) is 20.2. The molecule has 106 valence electrons. The highest BCUT2D eigenvalue weighted by molar-refractivity contribution is 6.33. The Kier molecular flexibility index (Phi) is 5.09. The van der Waals surface area contributed by atoms with E-state index in [1.54, 1.807) is 18.2 Å². The van der Waals surface area contributed by atoms with Crippen molar-refractivity contribution in [2.75, 3.05) is 19.8 Å². The summed E-state index contributed by atoms with van der Waals surface area (Å²) in [6.07, 6.45) is 0.484. The van der Waals surface area contributed by atoms with Gasteiger partial charge in [0.25, 0.3) is 0 Å². The lowest BCUT2D eigenvalue weighted by Gasteiger charge is -2.41. The van der Waals surface area contributed by atoms with Crippen molar-refractivity contribution in [2.24, 2.45) is 0 Å². The first kappa shape index (κ1) is 15.1. The number of aliphatic hydroxyl groups excluding tert-OH is 1. The lowest BCUT2D eigenvalue weighted by Crippen LogP contribution is -2.44. The van der Waals surface area contributed by atoms with E-state index >= 15 is 0 Å². The lowest BCUT2D eigenvalue weighted by atomic mass is 9.84. The maximum absolute atomic E-state index is 10.7. The molecule has 0 amide bonds. The van der Waals surface area contributed by atoms with Crippen molar-refractivity contribution in [2.45, 2.75) is 31.5 Å². The summed E-state index contributed by atoms with van der Waals surface area (Å²) in [6.45, 7) is 3.61. The summed E-state index contributed by atoms with van der Waals surface area (Å²) >= 11 is 12.2. The second-order valence-corrected chi connectivity index (χ2v) is 5.52. The van der Waals surface area contributed by atoms with Crippen LogP contribution in [0.4, 0.5) is 0 Å². The van der Waals surface area contributed by atoms with E-state index in [0.29, 0.717) is 48.3 Å². The monoisotopic (exact) mass is 304 g/mol. The van der Waals surface area contributed by atoms with E-state index in [4.69, 9.17) is 32.7 Å². The van der Waals surface area contributed by atoms with Crippen molar-refractivity contribution in [3.05, 3.63) is 33.8 Å². The van der Waals surface area contributed by atoms with Gasteiger partial charge in [-0.3, -0.25) is 0 Å². The Bertz CT molecular complexity index is 425. The first-order valence-electron chi connectivity index (χ1n) is 6.44. The molecule has 1 unspecified atom stereocenters. The number of halogens is 2. The fourth-order valence-electron chi connectivity index (χ4n) is 2.51. The zero-order chi connectivity index (χ0) is 13.9. The van der Waals surface area contributed by atoms with Crippen LogP contribution in [0.2, 0.25) is 10.0 Å². The van der Waals surface area contributed by atoms with Crippen LogP contribution in [0.25, 0.3) is 0 Å². The Balaban J connectivity index is 2.32. The predicted molar refractivity (Wildman–Crippen MR) is 75.8 cm³/mol. The van der Waals surface area contributed by atoms with Gasteiger partial charge in [-0.25, -0.2) is 0 Å². The average Bonchev–Trinajstić information content (AvgIpc) is 2.42. The molecule has 0 aliphatic carbocycles. The van der Waals surface area contributed by atoms with Crippen molar-refractivity contribution in [1.82, 2.24) is 0 Å². The molecular formula is C14H18Cl2O3. The van der Waals surface area contributed by atoms with Crippen LogP contribution < -0.4 is 0 Å². The largest absolute Gasteiger partial charge is 0.385 e. The summed E-state index contributed by atoms with van der Waals surface area (Å²) in [5.74, 6) is 0. The summed E-state index contributed by atoms with van der Waals surface area (Å²) in [4.78, 5) is 0. The molecule has 0 saturated carbocycles. The molecule has 1 aromatic carbocycles. The van der Waals surface area contributed by atoms with Gasteiger partial charge in [-0.15, -0.1) is 0 Å². The molecule has 1 saturated heterocycles. The van der Waals surface area contributed by atoms with Gasteiger partial charge in [-0.2, -0.15) is 0 Å². The predicted octanol–water partition coefficient (Wildman–Crippen LogP) is 3.61. The second kappa shape index (κ2) is 6.42. The third-order valence-corrected chi connectivity index (χ3v) is 4.10. The van der Waals surface area contributed by atoms with Crippen molar-refractivity contribution in [1.29, 1.82) is 0 Å². The minimum atomic E-state index is -0.803. The molecule has 1 heterocycles. The van der Waals surface area contributed by atoms with Crippen LogP contribution in [0.15, 0.2) is 18.2 Å². The number of hydrogen-bond acceptors (Lipinski definition) is 3. The number of benzene rings is 1. The van der Waals surface area contributed by atoms with Gasteiger partial charge in [-0.05, 0) is 25.1 Å². The van der Waals surface area contributed by atoms with Gasteiger partial charge in [-0.1, -0.05) is 23.2 Å². The molecule has 0 bridgehead atoms. The molecule has 1 atom stereocenters. The lowest BCUT2D eigenvalue weighted by molar-refractivity contribution is -0.167. The van der Waals surface area contributed by atoms with Gasteiger partial charge >= 0.3 is 0 Å². The van der Waals surface area contributed by atoms with E-state index in [9.17, 15) is 5.11 Å². The van der Waals surface area contributed by atoms with E-state index in [1.165, 1.54) is 0 Å². The highest BCUT2D eigenvalue weighted by Crippen LogP contribution is 2.40. The quantitative estimate of drug-likeness (QED) is 0.923. The first-order chi connectivity index (χ1) is 9.09. The van der Waals surface area contributed by atoms with Gasteiger partial charge in [0.2, 0.25) is 0 Å². The van der Waals surface area contributed by atoms with Crippen LogP contribution >= 0.6 is 23.2 Å². The van der Waals surface area contributed by atoms with Gasteiger partial charge in [0.05, 0.1) is 0 Å². The summed E-state index contributed by atoms with van der Waals surface area (Å²) in [6, 6.07) is 5.10. The number of ether oxygens (including phenoxy) is 2. The molecule has 2 rings (SSSR count). The van der Waals surface area contributed by atoms with Crippen molar-refractivity contribution in [3.8, 4) is 0 Å². The van der Waals surface area contributed by atoms with Crippen LogP contribution in [0.5, 0.6) is 0 Å². The smallest absolute Gasteiger partial charge is 0.110 e. The highest BCUT2D eigenvalue weighted by Gasteiger charge is 2.42. The zero-order valence-electron chi connectivity index (χ0n) is 10.9. The average molecular weight is 305 g/mol. The molecule has 19 heavy (non-hydrogen) atoms. The zero-order valence-corrected chi connectivity index (χ0v) is 12.4. The molecule has 0 radical (unpaired) electrons. The van der Waals surface area contributed by atoms with Gasteiger partial charge in [0.1, 0.15) is 11.7 Å². The molecule has 3 nitrogen and oxygen atoms in total. The molecule has 1 fully saturated rings. The third-order valence-electron chi connectivity index (χ3n) is 3.52. The van der Waals surface area contributed by atoms with Crippen LogP contribution in [-0.2, 0) is 9.47 Å².